The van der Waals surface area contributed by atoms with E-state index in [2.05, 4.69) is 0 Å². The summed E-state index contributed by atoms with van der Waals surface area (Å²) in [4.78, 5) is 21.3. The molecule has 0 aliphatic rings. The zero-order valence-electron chi connectivity index (χ0n) is 10.5. The van der Waals surface area contributed by atoms with E-state index in [1.807, 2.05) is 0 Å². The van der Waals surface area contributed by atoms with Crippen LogP contribution in [0.5, 0.6) is 0 Å². The van der Waals surface area contributed by atoms with E-state index in [9.17, 15) is 14.7 Å². The van der Waals surface area contributed by atoms with Gasteiger partial charge in [0.25, 0.3) is 0 Å². The number of carboxylic acid groups (broad SMARTS) is 2. The molecule has 0 bridgehead atoms. The minimum Gasteiger partial charge on any atom is -1.00 e. The topological polar surface area (TPSA) is 94.8 Å². The van der Waals surface area contributed by atoms with Crippen LogP contribution < -0.4 is 29.6 Å². The van der Waals surface area contributed by atoms with Crippen molar-refractivity contribution in [2.45, 2.75) is 18.4 Å². The summed E-state index contributed by atoms with van der Waals surface area (Å²) < 4.78 is 0. The first-order chi connectivity index (χ1) is 7.44. The molecule has 0 amide bonds. The van der Waals surface area contributed by atoms with Crippen LogP contribution in [-0.2, 0) is 16.0 Å². The van der Waals surface area contributed by atoms with Crippen LogP contribution in [0.25, 0.3) is 0 Å². The zero-order valence-corrected chi connectivity index (χ0v) is 11.5. The van der Waals surface area contributed by atoms with Crippen molar-refractivity contribution in [1.29, 1.82) is 0 Å². The van der Waals surface area contributed by atoms with Crippen molar-refractivity contribution in [2.75, 3.05) is 0 Å². The molecule has 1 rings (SSSR count). The Morgan fingerprint density at radius 2 is 1.71 bits per heavy atom. The second-order valence-electron chi connectivity index (χ2n) is 3.57. The first-order valence-electron chi connectivity index (χ1n) is 4.65. The molecule has 1 atom stereocenters. The third-order valence-electron chi connectivity index (χ3n) is 2.18. The fraction of sp³-hybridized carbons (Fsp3) is 0.273. The molecule has 5 nitrogen and oxygen atoms in total. The number of hydrogen-bond acceptors (Lipinski definition) is 3. The van der Waals surface area contributed by atoms with Gasteiger partial charge in [0.05, 0.1) is 6.42 Å². The molecule has 1 unspecified atom stereocenters. The van der Waals surface area contributed by atoms with Crippen LogP contribution in [0.3, 0.4) is 0 Å². The molecule has 0 aromatic heterocycles. The quantitative estimate of drug-likeness (QED) is 0.506. The van der Waals surface area contributed by atoms with Crippen LogP contribution in [0.2, 0.25) is 0 Å². The molecule has 0 aliphatic carbocycles. The predicted molar refractivity (Wildman–Crippen MR) is 56.1 cm³/mol. The van der Waals surface area contributed by atoms with Gasteiger partial charge in [0.1, 0.15) is 0 Å². The van der Waals surface area contributed by atoms with Crippen molar-refractivity contribution < 1.29 is 55.9 Å². The monoisotopic (exact) mass is 248 g/mol. The predicted octanol–water partition coefficient (Wildman–Crippen LogP) is -2.36. The Bertz CT molecular complexity index is 398. The molecule has 0 saturated heterocycles. The fourth-order valence-corrected chi connectivity index (χ4v) is 1.40. The molecule has 6 heteroatoms. The third kappa shape index (κ3) is 4.87. The van der Waals surface area contributed by atoms with Crippen LogP contribution >= 0.6 is 0 Å². The van der Waals surface area contributed by atoms with Gasteiger partial charge in [0.2, 0.25) is 0 Å². The van der Waals surface area contributed by atoms with Crippen LogP contribution in [0.15, 0.2) is 30.3 Å². The summed E-state index contributed by atoms with van der Waals surface area (Å²) in [5.41, 5.74) is -1.68. The SMILES string of the molecule is O=C(O)CC(O)(Cc1ccccc1)C(=O)O.[H-].[Na+]. The van der Waals surface area contributed by atoms with Gasteiger partial charge in [-0.15, -0.1) is 0 Å². The molecule has 17 heavy (non-hydrogen) atoms. The Morgan fingerprint density at radius 3 is 2.12 bits per heavy atom. The van der Waals surface area contributed by atoms with Gasteiger partial charge in [-0.05, 0) is 5.56 Å². The number of rotatable bonds is 5. The van der Waals surface area contributed by atoms with E-state index < -0.39 is 24.0 Å². The molecule has 0 fully saturated rings. The molecule has 0 radical (unpaired) electrons. The van der Waals surface area contributed by atoms with E-state index in [0.29, 0.717) is 5.56 Å². The van der Waals surface area contributed by atoms with Crippen molar-refractivity contribution in [3.8, 4) is 0 Å². The maximum Gasteiger partial charge on any atom is 1.00 e. The standard InChI is InChI=1S/C11H12O5.Na.H/c12-9(13)7-11(16,10(14)15)6-8-4-2-1-3-5-8;;/h1-5,16H,6-7H2,(H,12,13)(H,14,15);;/q;+1;-1. The Labute approximate surface area is 122 Å². The molecule has 3 N–H and O–H groups in total. The number of aliphatic carboxylic acids is 2. The maximum absolute atomic E-state index is 10.8. The maximum atomic E-state index is 10.8. The molecule has 0 saturated carbocycles. The van der Waals surface area contributed by atoms with Gasteiger partial charge in [-0.2, -0.15) is 0 Å². The summed E-state index contributed by atoms with van der Waals surface area (Å²) in [6.07, 6.45) is -1.05. The van der Waals surface area contributed by atoms with Crippen LogP contribution in [0.4, 0.5) is 0 Å². The molecule has 1 aromatic carbocycles. The van der Waals surface area contributed by atoms with Gasteiger partial charge >= 0.3 is 41.5 Å². The van der Waals surface area contributed by atoms with Crippen molar-refractivity contribution in [3.63, 3.8) is 0 Å². The fourth-order valence-electron chi connectivity index (χ4n) is 1.40. The molecule has 0 spiro atoms. The molecular formula is C11H13NaO5. The van der Waals surface area contributed by atoms with E-state index in [4.69, 9.17) is 10.2 Å². The Kier molecular flexibility index (Phi) is 6.41. The zero-order chi connectivity index (χ0) is 12.2. The van der Waals surface area contributed by atoms with Gasteiger partial charge in [-0.3, -0.25) is 4.79 Å². The average Bonchev–Trinajstić information content (AvgIpc) is 2.17. The Hall–Kier alpha value is -0.880. The second kappa shape index (κ2) is 6.76. The van der Waals surface area contributed by atoms with Crippen LogP contribution in [-0.4, -0.2) is 32.9 Å². The number of carboxylic acids is 2. The molecule has 0 heterocycles. The first-order valence-corrected chi connectivity index (χ1v) is 4.65. The van der Waals surface area contributed by atoms with E-state index in [1.165, 1.54) is 0 Å². The second-order valence-corrected chi connectivity index (χ2v) is 3.57. The van der Waals surface area contributed by atoms with Gasteiger partial charge in [0.15, 0.2) is 5.60 Å². The summed E-state index contributed by atoms with van der Waals surface area (Å²) in [7, 11) is 0. The van der Waals surface area contributed by atoms with Gasteiger partial charge in [0, 0.05) is 6.42 Å². The minimum absolute atomic E-state index is 0. The molecule has 1 aromatic rings. The van der Waals surface area contributed by atoms with Gasteiger partial charge in [-0.1, -0.05) is 30.3 Å². The van der Waals surface area contributed by atoms with E-state index in [-0.39, 0.29) is 37.4 Å². The molecule has 0 aliphatic heterocycles. The number of carbonyl (C=O) groups is 2. The number of aliphatic hydroxyl groups is 1. The van der Waals surface area contributed by atoms with E-state index in [1.54, 1.807) is 30.3 Å². The van der Waals surface area contributed by atoms with E-state index >= 15 is 0 Å². The summed E-state index contributed by atoms with van der Waals surface area (Å²) in [5.74, 6) is -2.88. The van der Waals surface area contributed by atoms with Crippen molar-refractivity contribution in [2.24, 2.45) is 0 Å². The summed E-state index contributed by atoms with van der Waals surface area (Å²) in [6, 6.07) is 8.41. The summed E-state index contributed by atoms with van der Waals surface area (Å²) in [5, 5.41) is 27.1. The van der Waals surface area contributed by atoms with Crippen molar-refractivity contribution in [1.82, 2.24) is 0 Å². The largest absolute Gasteiger partial charge is 1.00 e. The molecule has 88 valence electrons. The van der Waals surface area contributed by atoms with Gasteiger partial charge < -0.3 is 16.7 Å². The van der Waals surface area contributed by atoms with Crippen LogP contribution in [0, 0.1) is 0 Å². The van der Waals surface area contributed by atoms with Crippen LogP contribution in [0.1, 0.15) is 13.4 Å². The summed E-state index contributed by atoms with van der Waals surface area (Å²) in [6.45, 7) is 0. The van der Waals surface area contributed by atoms with Crippen molar-refractivity contribution in [3.05, 3.63) is 35.9 Å². The third-order valence-corrected chi connectivity index (χ3v) is 2.18. The van der Waals surface area contributed by atoms with Crippen molar-refractivity contribution >= 4 is 11.9 Å². The minimum atomic E-state index is -2.26. The Balaban J connectivity index is 0. The molecular weight excluding hydrogens is 235 g/mol. The average molecular weight is 248 g/mol. The smallest absolute Gasteiger partial charge is 1.00 e. The normalized spacial score (nSPS) is 13.2. The Morgan fingerprint density at radius 1 is 1.18 bits per heavy atom. The summed E-state index contributed by atoms with van der Waals surface area (Å²) >= 11 is 0. The number of hydrogen-bond donors (Lipinski definition) is 3. The van der Waals surface area contributed by atoms with Gasteiger partial charge in [-0.25, -0.2) is 4.79 Å². The first kappa shape index (κ1) is 16.1. The number of benzene rings is 1. The van der Waals surface area contributed by atoms with E-state index in [0.717, 1.165) is 0 Å².